The summed E-state index contributed by atoms with van der Waals surface area (Å²) in [7, 11) is 2.28. The summed E-state index contributed by atoms with van der Waals surface area (Å²) in [6.45, 7) is 9.55. The molecule has 0 spiro atoms. The van der Waals surface area contributed by atoms with Crippen molar-refractivity contribution < 1.29 is 0 Å². The third kappa shape index (κ3) is 4.42. The van der Waals surface area contributed by atoms with E-state index in [1.54, 1.807) is 5.57 Å². The quantitative estimate of drug-likeness (QED) is 0.473. The van der Waals surface area contributed by atoms with Gasteiger partial charge in [0.1, 0.15) is 0 Å². The predicted octanol–water partition coefficient (Wildman–Crippen LogP) is 7.55. The van der Waals surface area contributed by atoms with Crippen LogP contribution in [0.15, 0.2) is 72.4 Å². The van der Waals surface area contributed by atoms with Gasteiger partial charge in [-0.3, -0.25) is 4.90 Å². The van der Waals surface area contributed by atoms with E-state index < -0.39 is 0 Å². The number of allylic oxidation sites excluding steroid dienone is 6. The Balaban J connectivity index is 1.40. The molecule has 160 valence electrons. The van der Waals surface area contributed by atoms with E-state index in [0.717, 1.165) is 11.8 Å². The number of hydrogen-bond acceptors (Lipinski definition) is 1. The molecule has 0 unspecified atom stereocenters. The highest BCUT2D eigenvalue weighted by atomic mass is 15.2. The van der Waals surface area contributed by atoms with Crippen LogP contribution in [0.3, 0.4) is 0 Å². The van der Waals surface area contributed by atoms with Crippen LogP contribution in [0.5, 0.6) is 0 Å². The van der Waals surface area contributed by atoms with Gasteiger partial charge in [-0.25, -0.2) is 0 Å². The molecule has 0 aromatic heterocycles. The fourth-order valence-electron chi connectivity index (χ4n) is 5.83. The third-order valence-electron chi connectivity index (χ3n) is 7.96. The first-order valence-corrected chi connectivity index (χ1v) is 11.8. The Morgan fingerprint density at radius 3 is 1.83 bits per heavy atom. The monoisotopic (exact) mass is 401 g/mol. The van der Waals surface area contributed by atoms with Crippen molar-refractivity contribution in [3.05, 3.63) is 83.5 Å². The van der Waals surface area contributed by atoms with Crippen molar-refractivity contribution in [2.24, 2.45) is 5.92 Å². The standard InChI is InChI=1S/C29H39N/c1-28(2)20-27(21-29(3,4)30(28)5)26-18-16-25(17-19-26)24-14-12-23(13-15-24)22-10-8-6-7-9-11-22/h6-15,20,22,25-26H,16-19,21H2,1-5H3. The predicted molar refractivity (Wildman–Crippen MR) is 130 cm³/mol. The van der Waals surface area contributed by atoms with Gasteiger partial charge in [0.2, 0.25) is 0 Å². The Labute approximate surface area is 184 Å². The van der Waals surface area contributed by atoms with Crippen LogP contribution >= 0.6 is 0 Å². The second kappa shape index (κ2) is 8.35. The Bertz CT molecular complexity index is 838. The Morgan fingerprint density at radius 2 is 1.27 bits per heavy atom. The average Bonchev–Trinajstić information content (AvgIpc) is 3.01. The van der Waals surface area contributed by atoms with Crippen LogP contribution in [0.4, 0.5) is 0 Å². The van der Waals surface area contributed by atoms with Crippen LogP contribution in [0, 0.1) is 5.92 Å². The van der Waals surface area contributed by atoms with E-state index in [2.05, 4.69) is 106 Å². The Hall–Kier alpha value is -1.86. The second-order valence-electron chi connectivity index (χ2n) is 10.8. The molecule has 0 saturated heterocycles. The lowest BCUT2D eigenvalue weighted by atomic mass is 9.70. The van der Waals surface area contributed by atoms with Crippen LogP contribution < -0.4 is 0 Å². The zero-order chi connectivity index (χ0) is 21.4. The first-order valence-electron chi connectivity index (χ1n) is 11.8. The zero-order valence-corrected chi connectivity index (χ0v) is 19.6. The Morgan fingerprint density at radius 1 is 0.733 bits per heavy atom. The molecule has 4 rings (SSSR count). The minimum Gasteiger partial charge on any atom is -0.292 e. The molecule has 1 saturated carbocycles. The number of likely N-dealkylation sites (N-methyl/N-ethyl adjacent to an activating group) is 1. The molecular weight excluding hydrogens is 362 g/mol. The number of hydrogen-bond donors (Lipinski definition) is 0. The molecule has 3 aliphatic rings. The van der Waals surface area contributed by atoms with Gasteiger partial charge in [0, 0.05) is 17.0 Å². The van der Waals surface area contributed by atoms with Gasteiger partial charge in [-0.05, 0) is 89.8 Å². The second-order valence-corrected chi connectivity index (χ2v) is 10.8. The van der Waals surface area contributed by atoms with Crippen LogP contribution in [-0.4, -0.2) is 23.0 Å². The van der Waals surface area contributed by atoms with Crippen molar-refractivity contribution in [2.75, 3.05) is 7.05 Å². The number of rotatable bonds is 3. The lowest BCUT2D eigenvalue weighted by molar-refractivity contribution is 0.0569. The van der Waals surface area contributed by atoms with E-state index in [0.29, 0.717) is 5.92 Å². The minimum atomic E-state index is 0.153. The van der Waals surface area contributed by atoms with Gasteiger partial charge in [-0.2, -0.15) is 0 Å². The fraction of sp³-hybridized carbons (Fsp3) is 0.517. The molecule has 0 bridgehead atoms. The number of nitrogens with zero attached hydrogens (tertiary/aromatic N) is 1. The fourth-order valence-corrected chi connectivity index (χ4v) is 5.83. The molecule has 0 atom stereocenters. The molecule has 1 aromatic carbocycles. The highest BCUT2D eigenvalue weighted by molar-refractivity contribution is 5.36. The summed E-state index contributed by atoms with van der Waals surface area (Å²) in [5.41, 5.74) is 5.05. The lowest BCUT2D eigenvalue weighted by Gasteiger charge is -2.51. The summed E-state index contributed by atoms with van der Waals surface area (Å²) in [6, 6.07) is 9.47. The van der Waals surface area contributed by atoms with E-state index in [-0.39, 0.29) is 11.1 Å². The van der Waals surface area contributed by atoms with E-state index in [4.69, 9.17) is 0 Å². The SMILES string of the molecule is CN1C(C)(C)C=C(C2CCC(c3ccc(C4C=CC=CC=C4)cc3)CC2)CC1(C)C. The molecule has 1 aliphatic heterocycles. The van der Waals surface area contributed by atoms with Crippen molar-refractivity contribution in [2.45, 2.75) is 82.7 Å². The van der Waals surface area contributed by atoms with E-state index in [9.17, 15) is 0 Å². The van der Waals surface area contributed by atoms with Crippen LogP contribution in [-0.2, 0) is 0 Å². The molecule has 1 heteroatoms. The summed E-state index contributed by atoms with van der Waals surface area (Å²) >= 11 is 0. The van der Waals surface area contributed by atoms with Gasteiger partial charge >= 0.3 is 0 Å². The highest BCUT2D eigenvalue weighted by Crippen LogP contribution is 2.45. The molecule has 1 heterocycles. The first kappa shape index (κ1) is 21.4. The van der Waals surface area contributed by atoms with Crippen molar-refractivity contribution >= 4 is 0 Å². The third-order valence-corrected chi connectivity index (χ3v) is 7.96. The molecule has 0 amide bonds. The maximum Gasteiger partial charge on any atom is 0.0340 e. The molecule has 1 aromatic rings. The minimum absolute atomic E-state index is 0.153. The maximum absolute atomic E-state index is 2.58. The molecule has 0 radical (unpaired) electrons. The summed E-state index contributed by atoms with van der Waals surface area (Å²) in [5.74, 6) is 1.90. The average molecular weight is 402 g/mol. The molecule has 30 heavy (non-hydrogen) atoms. The van der Waals surface area contributed by atoms with Crippen LogP contribution in [0.1, 0.15) is 82.8 Å². The van der Waals surface area contributed by atoms with Gasteiger partial charge in [-0.15, -0.1) is 0 Å². The van der Waals surface area contributed by atoms with Crippen molar-refractivity contribution in [1.29, 1.82) is 0 Å². The van der Waals surface area contributed by atoms with E-state index in [1.165, 1.54) is 43.2 Å². The molecule has 1 fully saturated rings. The van der Waals surface area contributed by atoms with Gasteiger partial charge in [0.05, 0.1) is 0 Å². The van der Waals surface area contributed by atoms with E-state index >= 15 is 0 Å². The molecule has 0 N–H and O–H groups in total. The van der Waals surface area contributed by atoms with Crippen molar-refractivity contribution in [3.63, 3.8) is 0 Å². The van der Waals surface area contributed by atoms with Gasteiger partial charge in [0.15, 0.2) is 0 Å². The summed E-state index contributed by atoms with van der Waals surface area (Å²) in [6.07, 6.45) is 22.2. The first-order chi connectivity index (χ1) is 14.3. The largest absolute Gasteiger partial charge is 0.292 e. The zero-order valence-electron chi connectivity index (χ0n) is 19.6. The maximum atomic E-state index is 2.58. The molecule has 2 aliphatic carbocycles. The lowest BCUT2D eigenvalue weighted by Crippen LogP contribution is -2.55. The molecule has 1 nitrogen and oxygen atoms in total. The highest BCUT2D eigenvalue weighted by Gasteiger charge is 2.40. The van der Waals surface area contributed by atoms with Crippen molar-refractivity contribution in [1.82, 2.24) is 4.90 Å². The summed E-state index contributed by atoms with van der Waals surface area (Å²) in [4.78, 5) is 2.55. The van der Waals surface area contributed by atoms with E-state index in [1.807, 2.05) is 0 Å². The Kier molecular flexibility index (Phi) is 5.95. The van der Waals surface area contributed by atoms with Gasteiger partial charge in [-0.1, -0.05) is 72.4 Å². The van der Waals surface area contributed by atoms with Gasteiger partial charge < -0.3 is 0 Å². The molecular formula is C29H39N. The normalized spacial score (nSPS) is 28.9. The summed E-state index contributed by atoms with van der Waals surface area (Å²) in [5, 5.41) is 0. The number of benzene rings is 1. The van der Waals surface area contributed by atoms with Crippen molar-refractivity contribution in [3.8, 4) is 0 Å². The smallest absolute Gasteiger partial charge is 0.0340 e. The topological polar surface area (TPSA) is 3.24 Å². The van der Waals surface area contributed by atoms with Crippen LogP contribution in [0.2, 0.25) is 0 Å². The summed E-state index contributed by atoms with van der Waals surface area (Å²) < 4.78 is 0. The van der Waals surface area contributed by atoms with Crippen LogP contribution in [0.25, 0.3) is 0 Å². The van der Waals surface area contributed by atoms with Gasteiger partial charge in [0.25, 0.3) is 0 Å².